The molecule has 0 unspecified atom stereocenters. The van der Waals surface area contributed by atoms with Crippen LogP contribution in [0.3, 0.4) is 0 Å². The first-order valence-electron chi connectivity index (χ1n) is 6.53. The third kappa shape index (κ3) is 3.60. The summed E-state index contributed by atoms with van der Waals surface area (Å²) >= 11 is 0. The van der Waals surface area contributed by atoms with Gasteiger partial charge in [0.2, 0.25) is 5.88 Å². The van der Waals surface area contributed by atoms with E-state index in [9.17, 15) is 4.79 Å². The monoisotopic (exact) mass is 300 g/mol. The molecule has 0 spiro atoms. The summed E-state index contributed by atoms with van der Waals surface area (Å²) in [6, 6.07) is 8.77. The van der Waals surface area contributed by atoms with E-state index in [-0.39, 0.29) is 5.57 Å². The Kier molecular flexibility index (Phi) is 5.08. The molecule has 1 heterocycles. The van der Waals surface area contributed by atoms with Crippen molar-refractivity contribution in [2.45, 2.75) is 6.92 Å². The molecule has 6 nitrogen and oxygen atoms in total. The Hall–Kier alpha value is -2.89. The molecule has 0 bridgehead atoms. The zero-order chi connectivity index (χ0) is 15.9. The summed E-state index contributed by atoms with van der Waals surface area (Å²) in [6.45, 7) is 1.84. The Labute approximate surface area is 128 Å². The molecule has 0 aliphatic carbocycles. The molecule has 0 N–H and O–H groups in total. The Morgan fingerprint density at radius 2 is 1.95 bits per heavy atom. The second-order valence-corrected chi connectivity index (χ2v) is 4.35. The second-order valence-electron chi connectivity index (χ2n) is 4.35. The lowest BCUT2D eigenvalue weighted by Crippen LogP contribution is -2.06. The second kappa shape index (κ2) is 7.21. The van der Waals surface area contributed by atoms with Crippen LogP contribution in [0.2, 0.25) is 0 Å². The van der Waals surface area contributed by atoms with Crippen LogP contribution in [-0.2, 0) is 14.3 Å². The third-order valence-corrected chi connectivity index (χ3v) is 2.81. The van der Waals surface area contributed by atoms with Gasteiger partial charge in [-0.3, -0.25) is 0 Å². The fraction of sp³-hybridized carbons (Fsp3) is 0.188. The maximum absolute atomic E-state index is 11.9. The fourth-order valence-electron chi connectivity index (χ4n) is 1.83. The molecule has 114 valence electrons. The summed E-state index contributed by atoms with van der Waals surface area (Å²) < 4.78 is 15.5. The summed E-state index contributed by atoms with van der Waals surface area (Å²) in [4.78, 5) is 20.0. The van der Waals surface area contributed by atoms with Crippen molar-refractivity contribution in [1.29, 1.82) is 0 Å². The highest BCUT2D eigenvalue weighted by Gasteiger charge is 2.18. The van der Waals surface area contributed by atoms with Gasteiger partial charge >= 0.3 is 5.97 Å². The molecule has 0 radical (unpaired) electrons. The van der Waals surface area contributed by atoms with Crippen LogP contribution in [0.25, 0.3) is 5.57 Å². The van der Waals surface area contributed by atoms with E-state index in [0.717, 1.165) is 5.69 Å². The number of hydrogen-bond donors (Lipinski definition) is 0. The minimum Gasteiger partial charge on any atom is -0.503 e. The van der Waals surface area contributed by atoms with Crippen LogP contribution < -0.4 is 4.74 Å². The largest absolute Gasteiger partial charge is 0.503 e. The number of carbonyl (C=O) groups is 1. The highest BCUT2D eigenvalue weighted by atomic mass is 16.5. The molecule has 1 aromatic carbocycles. The van der Waals surface area contributed by atoms with Crippen LogP contribution in [0.4, 0.5) is 0 Å². The van der Waals surface area contributed by atoms with Gasteiger partial charge in [0, 0.05) is 17.3 Å². The molecule has 2 rings (SSSR count). The van der Waals surface area contributed by atoms with Crippen LogP contribution >= 0.6 is 0 Å². The van der Waals surface area contributed by atoms with Crippen LogP contribution in [-0.4, -0.2) is 30.2 Å². The van der Waals surface area contributed by atoms with Crippen LogP contribution in [0.15, 0.2) is 42.9 Å². The van der Waals surface area contributed by atoms with Crippen molar-refractivity contribution in [3.8, 4) is 11.6 Å². The molecule has 0 atom stereocenters. The first-order valence-corrected chi connectivity index (χ1v) is 6.53. The molecule has 0 saturated carbocycles. The van der Waals surface area contributed by atoms with Crippen molar-refractivity contribution in [3.05, 3.63) is 54.2 Å². The molecule has 1 aromatic heterocycles. The number of nitrogens with zero attached hydrogens (tertiary/aromatic N) is 2. The topological polar surface area (TPSA) is 70.5 Å². The van der Waals surface area contributed by atoms with Crippen LogP contribution in [0.1, 0.15) is 11.3 Å². The Bertz CT molecular complexity index is 698. The van der Waals surface area contributed by atoms with E-state index in [1.54, 1.807) is 30.3 Å². The summed E-state index contributed by atoms with van der Waals surface area (Å²) in [5, 5.41) is 0. The van der Waals surface area contributed by atoms with Gasteiger partial charge in [-0.05, 0) is 13.0 Å². The fourth-order valence-corrected chi connectivity index (χ4v) is 1.83. The van der Waals surface area contributed by atoms with Crippen LogP contribution in [0, 0.1) is 6.92 Å². The van der Waals surface area contributed by atoms with Crippen LogP contribution in [0.5, 0.6) is 11.6 Å². The molecule has 22 heavy (non-hydrogen) atoms. The first-order chi connectivity index (χ1) is 10.7. The maximum Gasteiger partial charge on any atom is 0.341 e. The van der Waals surface area contributed by atoms with E-state index in [0.29, 0.717) is 17.2 Å². The van der Waals surface area contributed by atoms with Gasteiger partial charge in [0.1, 0.15) is 17.6 Å². The van der Waals surface area contributed by atoms with Gasteiger partial charge in [-0.2, -0.15) is 0 Å². The molecule has 6 heteroatoms. The van der Waals surface area contributed by atoms with Gasteiger partial charge in [0.15, 0.2) is 0 Å². The molecular formula is C16H16N2O4. The summed E-state index contributed by atoms with van der Waals surface area (Å²) in [7, 11) is 2.77. The van der Waals surface area contributed by atoms with E-state index in [2.05, 4.69) is 9.97 Å². The van der Waals surface area contributed by atoms with Crippen molar-refractivity contribution < 1.29 is 19.0 Å². The zero-order valence-corrected chi connectivity index (χ0v) is 12.6. The smallest absolute Gasteiger partial charge is 0.341 e. The summed E-state index contributed by atoms with van der Waals surface area (Å²) in [5.74, 6) is 0.340. The number of methoxy groups -OCH3 is 2. The van der Waals surface area contributed by atoms with Crippen molar-refractivity contribution in [2.24, 2.45) is 0 Å². The van der Waals surface area contributed by atoms with E-state index in [1.807, 2.05) is 6.92 Å². The van der Waals surface area contributed by atoms with Gasteiger partial charge in [-0.25, -0.2) is 14.8 Å². The molecule has 2 aromatic rings. The minimum atomic E-state index is -0.517. The predicted molar refractivity (Wildman–Crippen MR) is 80.3 cm³/mol. The number of carbonyl (C=O) groups excluding carboxylic acids is 1. The van der Waals surface area contributed by atoms with E-state index >= 15 is 0 Å². The Balaban J connectivity index is 2.41. The normalized spacial score (nSPS) is 11.0. The lowest BCUT2D eigenvalue weighted by molar-refractivity contribution is -0.133. The van der Waals surface area contributed by atoms with Gasteiger partial charge < -0.3 is 14.2 Å². The first kappa shape index (κ1) is 15.5. The summed E-state index contributed by atoms with van der Waals surface area (Å²) in [5.41, 5.74) is 1.59. The molecule has 0 aliphatic heterocycles. The molecular weight excluding hydrogens is 284 g/mol. The number of hydrogen-bond acceptors (Lipinski definition) is 6. The predicted octanol–water partition coefficient (Wildman–Crippen LogP) is 2.74. The third-order valence-electron chi connectivity index (χ3n) is 2.81. The summed E-state index contributed by atoms with van der Waals surface area (Å²) in [6.07, 6.45) is 2.73. The molecule has 0 aliphatic rings. The quantitative estimate of drug-likeness (QED) is 0.480. The van der Waals surface area contributed by atoms with E-state index < -0.39 is 5.97 Å². The Morgan fingerprint density at radius 3 is 2.64 bits per heavy atom. The van der Waals surface area contributed by atoms with Gasteiger partial charge in [0.05, 0.1) is 20.5 Å². The maximum atomic E-state index is 11.9. The lowest BCUT2D eigenvalue weighted by atomic mass is 10.1. The van der Waals surface area contributed by atoms with Gasteiger partial charge in [0.25, 0.3) is 0 Å². The number of aryl methyl sites for hydroxylation is 1. The number of para-hydroxylation sites is 1. The molecule has 0 amide bonds. The van der Waals surface area contributed by atoms with E-state index in [4.69, 9.17) is 14.2 Å². The average molecular weight is 300 g/mol. The lowest BCUT2D eigenvalue weighted by Gasteiger charge is -2.12. The number of esters is 1. The average Bonchev–Trinajstić information content (AvgIpc) is 2.53. The molecule has 0 saturated heterocycles. The molecule has 0 fully saturated rings. The zero-order valence-electron chi connectivity index (χ0n) is 12.6. The van der Waals surface area contributed by atoms with Crippen molar-refractivity contribution in [2.75, 3.05) is 14.2 Å². The van der Waals surface area contributed by atoms with E-state index in [1.165, 1.54) is 26.8 Å². The number of ether oxygens (including phenoxy) is 3. The van der Waals surface area contributed by atoms with Crippen molar-refractivity contribution in [1.82, 2.24) is 9.97 Å². The van der Waals surface area contributed by atoms with Crippen molar-refractivity contribution >= 4 is 11.5 Å². The highest BCUT2D eigenvalue weighted by Crippen LogP contribution is 2.30. The SMILES string of the molecule is CO/C=C(/C(=O)OC)c1ccccc1Oc1cc(C)ncn1. The highest BCUT2D eigenvalue weighted by molar-refractivity contribution is 6.17. The standard InChI is InChI=1S/C16H16N2O4/c1-11-8-15(18-10-17-11)22-14-7-5-4-6-12(14)13(9-20-2)16(19)21-3/h4-10H,1-3H3/b13-9+. The number of aromatic nitrogens is 2. The minimum absolute atomic E-state index is 0.256. The Morgan fingerprint density at radius 1 is 1.18 bits per heavy atom. The van der Waals surface area contributed by atoms with Gasteiger partial charge in [-0.15, -0.1) is 0 Å². The number of benzene rings is 1. The van der Waals surface area contributed by atoms with Gasteiger partial charge in [-0.1, -0.05) is 18.2 Å². The number of rotatable bonds is 5. The van der Waals surface area contributed by atoms with Crippen molar-refractivity contribution in [3.63, 3.8) is 0 Å².